The first-order valence-corrected chi connectivity index (χ1v) is 19.8. The summed E-state index contributed by atoms with van der Waals surface area (Å²) in [5.41, 5.74) is 0. The largest absolute Gasteiger partial charge is 0.394 e. The van der Waals surface area contributed by atoms with Gasteiger partial charge in [-0.1, -0.05) is 166 Å². The lowest BCUT2D eigenvalue weighted by molar-refractivity contribution is -0.124. The molecule has 0 aromatic rings. The van der Waals surface area contributed by atoms with Gasteiger partial charge in [0.25, 0.3) is 0 Å². The number of nitrogens with one attached hydrogen (secondary N) is 1. The molecular weight excluding hydrogens is 570 g/mol. The Bertz CT molecular complexity index is 719. The van der Waals surface area contributed by atoms with Crippen LogP contribution in [-0.4, -0.2) is 46.1 Å². The zero-order chi connectivity index (χ0) is 33.8. The van der Waals surface area contributed by atoms with Gasteiger partial charge in [-0.25, -0.2) is 0 Å². The number of allylic oxidation sites excluding steroid dienone is 5. The number of amides is 1. The van der Waals surface area contributed by atoms with Gasteiger partial charge in [-0.2, -0.15) is 0 Å². The van der Waals surface area contributed by atoms with E-state index in [4.69, 9.17) is 0 Å². The van der Waals surface area contributed by atoms with E-state index in [9.17, 15) is 20.1 Å². The van der Waals surface area contributed by atoms with E-state index in [0.29, 0.717) is 6.42 Å². The van der Waals surface area contributed by atoms with Crippen LogP contribution in [0.5, 0.6) is 0 Å². The summed E-state index contributed by atoms with van der Waals surface area (Å²) in [7, 11) is 0. The molecule has 270 valence electrons. The SMILES string of the molecule is CCCCCCCCC/C=C\CCCCCC(O)CC(=O)NC(CO)C(O)/C=C/CC/C=C/CCCCCCCCCCCCC. The third-order valence-corrected chi connectivity index (χ3v) is 8.90. The van der Waals surface area contributed by atoms with Crippen molar-refractivity contribution < 1.29 is 20.1 Å². The van der Waals surface area contributed by atoms with Crippen molar-refractivity contribution in [2.45, 2.75) is 212 Å². The fraction of sp³-hybridized carbons (Fsp3) is 0.829. The Labute approximate surface area is 285 Å². The molecule has 46 heavy (non-hydrogen) atoms. The van der Waals surface area contributed by atoms with Gasteiger partial charge in [0, 0.05) is 0 Å². The van der Waals surface area contributed by atoms with E-state index in [1.54, 1.807) is 6.08 Å². The lowest BCUT2D eigenvalue weighted by atomic mass is 10.0. The number of rotatable bonds is 35. The van der Waals surface area contributed by atoms with E-state index in [1.807, 2.05) is 6.08 Å². The maximum atomic E-state index is 12.4. The maximum Gasteiger partial charge on any atom is 0.222 e. The summed E-state index contributed by atoms with van der Waals surface area (Å²) < 4.78 is 0. The molecule has 0 heterocycles. The highest BCUT2D eigenvalue weighted by molar-refractivity contribution is 5.76. The Hall–Kier alpha value is -1.43. The first-order valence-electron chi connectivity index (χ1n) is 19.8. The summed E-state index contributed by atoms with van der Waals surface area (Å²) in [6, 6.07) is -0.764. The van der Waals surface area contributed by atoms with Crippen molar-refractivity contribution in [3.05, 3.63) is 36.5 Å². The number of carbonyl (C=O) groups excluding carboxylic acids is 1. The Morgan fingerprint density at radius 2 is 0.935 bits per heavy atom. The van der Waals surface area contributed by atoms with Crippen LogP contribution in [0.15, 0.2) is 36.5 Å². The fourth-order valence-electron chi connectivity index (χ4n) is 5.82. The Balaban J connectivity index is 3.79. The fourth-order valence-corrected chi connectivity index (χ4v) is 5.82. The molecule has 0 saturated heterocycles. The molecule has 0 aliphatic rings. The molecule has 0 spiro atoms. The van der Waals surface area contributed by atoms with Crippen molar-refractivity contribution in [1.29, 1.82) is 0 Å². The molecule has 5 heteroatoms. The van der Waals surface area contributed by atoms with E-state index in [2.05, 4.69) is 43.5 Å². The predicted molar refractivity (Wildman–Crippen MR) is 199 cm³/mol. The van der Waals surface area contributed by atoms with Crippen LogP contribution >= 0.6 is 0 Å². The molecule has 3 atom stereocenters. The third kappa shape index (κ3) is 32.5. The molecule has 0 bridgehead atoms. The zero-order valence-corrected chi connectivity index (χ0v) is 30.5. The van der Waals surface area contributed by atoms with Crippen molar-refractivity contribution in [2.75, 3.05) is 6.61 Å². The summed E-state index contributed by atoms with van der Waals surface area (Å²) in [4.78, 5) is 12.4. The molecule has 0 aliphatic heterocycles. The van der Waals surface area contributed by atoms with Crippen molar-refractivity contribution >= 4 is 5.91 Å². The van der Waals surface area contributed by atoms with Gasteiger partial charge in [-0.05, 0) is 57.8 Å². The lowest BCUT2D eigenvalue weighted by Gasteiger charge is -2.20. The van der Waals surface area contributed by atoms with E-state index in [0.717, 1.165) is 44.9 Å². The van der Waals surface area contributed by atoms with Crippen LogP contribution in [0.1, 0.15) is 194 Å². The highest BCUT2D eigenvalue weighted by Crippen LogP contribution is 2.13. The average molecular weight is 648 g/mol. The molecule has 1 amide bonds. The molecule has 0 aliphatic carbocycles. The molecule has 0 fully saturated rings. The van der Waals surface area contributed by atoms with Gasteiger partial charge in [-0.3, -0.25) is 4.79 Å². The minimum Gasteiger partial charge on any atom is -0.394 e. The molecule has 0 saturated carbocycles. The molecule has 0 aromatic carbocycles. The average Bonchev–Trinajstić information content (AvgIpc) is 3.05. The second-order valence-corrected chi connectivity index (χ2v) is 13.5. The van der Waals surface area contributed by atoms with E-state index in [-0.39, 0.29) is 18.9 Å². The van der Waals surface area contributed by atoms with E-state index < -0.39 is 18.2 Å². The number of unbranched alkanes of at least 4 members (excludes halogenated alkanes) is 22. The minimum absolute atomic E-state index is 0.00476. The first kappa shape index (κ1) is 44.6. The Morgan fingerprint density at radius 3 is 1.39 bits per heavy atom. The second kappa shape index (κ2) is 36.4. The summed E-state index contributed by atoms with van der Waals surface area (Å²) in [6.45, 7) is 4.18. The first-order chi connectivity index (χ1) is 22.5. The predicted octanol–water partition coefficient (Wildman–Crippen LogP) is 10.8. The highest BCUT2D eigenvalue weighted by atomic mass is 16.3. The lowest BCUT2D eigenvalue weighted by Crippen LogP contribution is -2.45. The third-order valence-electron chi connectivity index (χ3n) is 8.90. The van der Waals surface area contributed by atoms with Crippen LogP contribution < -0.4 is 5.32 Å². The van der Waals surface area contributed by atoms with Gasteiger partial charge in [0.15, 0.2) is 0 Å². The van der Waals surface area contributed by atoms with Gasteiger partial charge in [-0.15, -0.1) is 0 Å². The Morgan fingerprint density at radius 1 is 0.543 bits per heavy atom. The van der Waals surface area contributed by atoms with Crippen LogP contribution in [0.25, 0.3) is 0 Å². The number of aliphatic hydroxyl groups is 3. The van der Waals surface area contributed by atoms with Gasteiger partial charge in [0.2, 0.25) is 5.91 Å². The zero-order valence-electron chi connectivity index (χ0n) is 30.5. The van der Waals surface area contributed by atoms with E-state index >= 15 is 0 Å². The molecule has 0 aromatic heterocycles. The quantitative estimate of drug-likeness (QED) is 0.0407. The van der Waals surface area contributed by atoms with Gasteiger partial charge in [0.1, 0.15) is 0 Å². The van der Waals surface area contributed by atoms with Crippen molar-refractivity contribution in [3.63, 3.8) is 0 Å². The summed E-state index contributed by atoms with van der Waals surface area (Å²) in [5.74, 6) is -0.336. The number of aliphatic hydroxyl groups excluding tert-OH is 3. The van der Waals surface area contributed by atoms with Crippen LogP contribution in [0.4, 0.5) is 0 Å². The van der Waals surface area contributed by atoms with Crippen molar-refractivity contribution in [2.24, 2.45) is 0 Å². The van der Waals surface area contributed by atoms with E-state index in [1.165, 1.54) is 122 Å². The summed E-state index contributed by atoms with van der Waals surface area (Å²) in [5, 5.41) is 33.1. The second-order valence-electron chi connectivity index (χ2n) is 13.5. The van der Waals surface area contributed by atoms with Crippen LogP contribution in [0, 0.1) is 0 Å². The van der Waals surface area contributed by atoms with Crippen LogP contribution in [0.3, 0.4) is 0 Å². The van der Waals surface area contributed by atoms with Gasteiger partial charge in [0.05, 0.1) is 31.3 Å². The number of carbonyl (C=O) groups is 1. The molecule has 4 N–H and O–H groups in total. The summed E-state index contributed by atoms with van der Waals surface area (Å²) in [6.07, 6.45) is 44.2. The maximum absolute atomic E-state index is 12.4. The topological polar surface area (TPSA) is 89.8 Å². The molecule has 0 rings (SSSR count). The van der Waals surface area contributed by atoms with Crippen LogP contribution in [-0.2, 0) is 4.79 Å². The molecule has 5 nitrogen and oxygen atoms in total. The number of hydrogen-bond donors (Lipinski definition) is 4. The summed E-state index contributed by atoms with van der Waals surface area (Å²) >= 11 is 0. The Kier molecular flexibility index (Phi) is 35.3. The smallest absolute Gasteiger partial charge is 0.222 e. The standard InChI is InChI=1S/C41H77NO4/c1-3-5-7-9-11-13-15-17-19-20-21-23-25-27-29-31-33-35-40(45)39(37-43)42-41(46)36-38(44)34-32-30-28-26-24-22-18-16-14-12-10-8-6-4-2/h22,24-25,27,33,35,38-40,43-45H,3-21,23,26,28-32,34,36-37H2,1-2H3,(H,42,46)/b24-22-,27-25+,35-33+. The van der Waals surface area contributed by atoms with Crippen molar-refractivity contribution in [3.8, 4) is 0 Å². The van der Waals surface area contributed by atoms with Gasteiger partial charge < -0.3 is 20.6 Å². The normalized spacial score (nSPS) is 14.1. The van der Waals surface area contributed by atoms with Gasteiger partial charge >= 0.3 is 0 Å². The molecule has 3 unspecified atom stereocenters. The minimum atomic E-state index is -0.953. The monoisotopic (exact) mass is 648 g/mol. The molecular formula is C41H77NO4. The van der Waals surface area contributed by atoms with Crippen molar-refractivity contribution in [1.82, 2.24) is 5.32 Å². The molecule has 0 radical (unpaired) electrons. The highest BCUT2D eigenvalue weighted by Gasteiger charge is 2.20. The number of hydrogen-bond acceptors (Lipinski definition) is 4. The van der Waals surface area contributed by atoms with Crippen LogP contribution in [0.2, 0.25) is 0 Å².